The Labute approximate surface area is 93.8 Å². The lowest BCUT2D eigenvalue weighted by Crippen LogP contribution is -2.18. The highest BCUT2D eigenvalue weighted by molar-refractivity contribution is 5.51. The van der Waals surface area contributed by atoms with Gasteiger partial charge < -0.3 is 20.3 Å². The van der Waals surface area contributed by atoms with Crippen LogP contribution in [0.1, 0.15) is 12.5 Å². The average Bonchev–Trinajstić information content (AvgIpc) is 2.24. The fourth-order valence-electron chi connectivity index (χ4n) is 1.49. The number of ether oxygens (including phenoxy) is 2. The molecule has 1 unspecified atom stereocenters. The molecular formula is C11H16FNO3. The molecular weight excluding hydrogens is 213 g/mol. The summed E-state index contributed by atoms with van der Waals surface area (Å²) in [4.78, 5) is 0. The highest BCUT2D eigenvalue weighted by Crippen LogP contribution is 2.38. The van der Waals surface area contributed by atoms with Crippen molar-refractivity contribution in [3.05, 3.63) is 17.4 Å². The number of phenolic OH excluding ortho intramolecular Hbond substituents is 1. The predicted molar refractivity (Wildman–Crippen MR) is 58.5 cm³/mol. The first-order valence-electron chi connectivity index (χ1n) is 4.89. The summed E-state index contributed by atoms with van der Waals surface area (Å²) in [6.45, 7) is 1.77. The molecule has 3 N–H and O–H groups in total. The highest BCUT2D eigenvalue weighted by Gasteiger charge is 2.19. The van der Waals surface area contributed by atoms with Crippen LogP contribution < -0.4 is 15.2 Å². The molecule has 0 fully saturated rings. The lowest BCUT2D eigenvalue weighted by atomic mass is 10.1. The lowest BCUT2D eigenvalue weighted by Gasteiger charge is -2.14. The van der Waals surface area contributed by atoms with Crippen LogP contribution in [0.3, 0.4) is 0 Å². The summed E-state index contributed by atoms with van der Waals surface area (Å²) in [5, 5.41) is 9.61. The summed E-state index contributed by atoms with van der Waals surface area (Å²) < 4.78 is 23.5. The van der Waals surface area contributed by atoms with E-state index in [1.165, 1.54) is 20.3 Å². The molecule has 0 radical (unpaired) electrons. The fraction of sp³-hybridized carbons (Fsp3) is 0.455. The number of nitrogens with two attached hydrogens (primary N) is 1. The van der Waals surface area contributed by atoms with Gasteiger partial charge >= 0.3 is 0 Å². The van der Waals surface area contributed by atoms with Crippen molar-refractivity contribution in [2.24, 2.45) is 5.73 Å². The Balaban J connectivity index is 3.27. The van der Waals surface area contributed by atoms with Gasteiger partial charge in [0, 0.05) is 11.6 Å². The second-order valence-electron chi connectivity index (χ2n) is 3.62. The van der Waals surface area contributed by atoms with Gasteiger partial charge in [-0.1, -0.05) is 0 Å². The van der Waals surface area contributed by atoms with Crippen LogP contribution in [0.25, 0.3) is 0 Å². The van der Waals surface area contributed by atoms with E-state index in [1.54, 1.807) is 6.92 Å². The van der Waals surface area contributed by atoms with Gasteiger partial charge in [-0.05, 0) is 19.4 Å². The third-order valence-electron chi connectivity index (χ3n) is 2.21. The van der Waals surface area contributed by atoms with Gasteiger partial charge in [-0.3, -0.25) is 0 Å². The smallest absolute Gasteiger partial charge is 0.210 e. The topological polar surface area (TPSA) is 64.7 Å². The maximum atomic E-state index is 13.7. The summed E-state index contributed by atoms with van der Waals surface area (Å²) >= 11 is 0. The molecule has 0 saturated heterocycles. The van der Waals surface area contributed by atoms with E-state index < -0.39 is 11.6 Å². The maximum absolute atomic E-state index is 13.7. The molecule has 0 aromatic heterocycles. The van der Waals surface area contributed by atoms with Crippen molar-refractivity contribution in [1.82, 2.24) is 0 Å². The standard InChI is InChI=1S/C11H16FNO3/c1-6(13)4-7-5-8(15-2)11(16-3)9(12)10(7)14/h5-6,14H,4,13H2,1-3H3. The molecule has 0 amide bonds. The zero-order valence-corrected chi connectivity index (χ0v) is 9.58. The van der Waals surface area contributed by atoms with Crippen molar-refractivity contribution in [3.63, 3.8) is 0 Å². The first-order chi connectivity index (χ1) is 7.51. The SMILES string of the molecule is COc1cc(CC(C)N)c(O)c(F)c1OC. The summed E-state index contributed by atoms with van der Waals surface area (Å²) in [6, 6.07) is 1.35. The number of rotatable bonds is 4. The molecule has 0 aliphatic heterocycles. The first-order valence-corrected chi connectivity index (χ1v) is 4.89. The van der Waals surface area contributed by atoms with Crippen molar-refractivity contribution in [2.45, 2.75) is 19.4 Å². The van der Waals surface area contributed by atoms with Crippen LogP contribution in [0.4, 0.5) is 4.39 Å². The van der Waals surface area contributed by atoms with Gasteiger partial charge in [0.05, 0.1) is 14.2 Å². The van der Waals surface area contributed by atoms with Gasteiger partial charge in [-0.2, -0.15) is 4.39 Å². The minimum Gasteiger partial charge on any atom is -0.505 e. The Morgan fingerprint density at radius 2 is 2.06 bits per heavy atom. The number of hydrogen-bond acceptors (Lipinski definition) is 4. The summed E-state index contributed by atoms with van der Waals surface area (Å²) in [5.41, 5.74) is 6.01. The number of hydrogen-bond donors (Lipinski definition) is 2. The van der Waals surface area contributed by atoms with Crippen molar-refractivity contribution >= 4 is 0 Å². The van der Waals surface area contributed by atoms with E-state index >= 15 is 0 Å². The number of aromatic hydroxyl groups is 1. The molecule has 0 saturated carbocycles. The summed E-state index contributed by atoms with van der Waals surface area (Å²) in [6.07, 6.45) is 0.364. The zero-order chi connectivity index (χ0) is 12.3. The minimum atomic E-state index is -0.822. The fourth-order valence-corrected chi connectivity index (χ4v) is 1.49. The van der Waals surface area contributed by atoms with E-state index in [2.05, 4.69) is 0 Å². The van der Waals surface area contributed by atoms with Crippen LogP contribution in [0.15, 0.2) is 6.07 Å². The number of benzene rings is 1. The maximum Gasteiger partial charge on any atom is 0.210 e. The quantitative estimate of drug-likeness (QED) is 0.820. The Morgan fingerprint density at radius 1 is 1.44 bits per heavy atom. The van der Waals surface area contributed by atoms with Crippen molar-refractivity contribution in [3.8, 4) is 17.2 Å². The molecule has 1 aromatic rings. The summed E-state index contributed by atoms with van der Waals surface area (Å²) in [5.74, 6) is -1.12. The van der Waals surface area contributed by atoms with E-state index in [9.17, 15) is 9.50 Å². The lowest BCUT2D eigenvalue weighted by molar-refractivity contribution is 0.324. The molecule has 0 aliphatic carbocycles. The zero-order valence-electron chi connectivity index (χ0n) is 9.58. The molecule has 90 valence electrons. The molecule has 0 bridgehead atoms. The van der Waals surface area contributed by atoms with Gasteiger partial charge in [-0.15, -0.1) is 0 Å². The van der Waals surface area contributed by atoms with Crippen molar-refractivity contribution in [1.29, 1.82) is 0 Å². The molecule has 1 rings (SSSR count). The van der Waals surface area contributed by atoms with Crippen LogP contribution in [0.5, 0.6) is 17.2 Å². The Bertz CT molecular complexity index is 380. The van der Waals surface area contributed by atoms with E-state index in [1.807, 2.05) is 0 Å². The number of halogens is 1. The molecule has 5 heteroatoms. The van der Waals surface area contributed by atoms with Gasteiger partial charge in [-0.25, -0.2) is 0 Å². The second-order valence-corrected chi connectivity index (χ2v) is 3.62. The normalized spacial score (nSPS) is 12.3. The van der Waals surface area contributed by atoms with Crippen LogP contribution >= 0.6 is 0 Å². The molecule has 4 nitrogen and oxygen atoms in total. The van der Waals surface area contributed by atoms with Crippen LogP contribution in [0.2, 0.25) is 0 Å². The van der Waals surface area contributed by atoms with E-state index in [0.29, 0.717) is 12.0 Å². The average molecular weight is 229 g/mol. The van der Waals surface area contributed by atoms with Crippen LogP contribution in [-0.4, -0.2) is 25.4 Å². The molecule has 0 spiro atoms. The van der Waals surface area contributed by atoms with E-state index in [0.717, 1.165) is 0 Å². The molecule has 1 aromatic carbocycles. The second kappa shape index (κ2) is 5.03. The minimum absolute atomic E-state index is 0.103. The molecule has 16 heavy (non-hydrogen) atoms. The monoisotopic (exact) mass is 229 g/mol. The predicted octanol–water partition coefficient (Wildman–Crippen LogP) is 1.44. The summed E-state index contributed by atoms with van der Waals surface area (Å²) in [7, 11) is 2.72. The van der Waals surface area contributed by atoms with E-state index in [-0.39, 0.29) is 17.5 Å². The van der Waals surface area contributed by atoms with Gasteiger partial charge in [0.15, 0.2) is 11.5 Å². The van der Waals surface area contributed by atoms with Crippen molar-refractivity contribution < 1.29 is 19.0 Å². The third kappa shape index (κ3) is 2.36. The molecule has 0 aliphatic rings. The van der Waals surface area contributed by atoms with Gasteiger partial charge in [0.2, 0.25) is 11.6 Å². The Hall–Kier alpha value is -1.49. The van der Waals surface area contributed by atoms with Gasteiger partial charge in [0.1, 0.15) is 0 Å². The van der Waals surface area contributed by atoms with Gasteiger partial charge in [0.25, 0.3) is 0 Å². The Morgan fingerprint density at radius 3 is 2.50 bits per heavy atom. The van der Waals surface area contributed by atoms with Crippen LogP contribution in [-0.2, 0) is 6.42 Å². The largest absolute Gasteiger partial charge is 0.505 e. The number of methoxy groups -OCH3 is 2. The van der Waals surface area contributed by atoms with Crippen LogP contribution in [0, 0.1) is 5.82 Å². The molecule has 0 heterocycles. The number of phenols is 1. The third-order valence-corrected chi connectivity index (χ3v) is 2.21. The highest BCUT2D eigenvalue weighted by atomic mass is 19.1. The van der Waals surface area contributed by atoms with Crippen molar-refractivity contribution in [2.75, 3.05) is 14.2 Å². The van der Waals surface area contributed by atoms with E-state index in [4.69, 9.17) is 15.2 Å². The molecule has 1 atom stereocenters. The first kappa shape index (κ1) is 12.6. The Kier molecular flexibility index (Phi) is 3.95.